The molecule has 10 heavy (non-hydrogen) atoms. The van der Waals surface area contributed by atoms with E-state index in [-0.39, 0.29) is 0 Å². The van der Waals surface area contributed by atoms with Gasteiger partial charge in [-0.15, -0.1) is 0 Å². The molecular weight excluding hydrogens is 134 g/mol. The van der Waals surface area contributed by atoms with Gasteiger partial charge in [-0.25, -0.2) is 4.79 Å². The highest BCUT2D eigenvalue weighted by Gasteiger charge is 1.90. The van der Waals surface area contributed by atoms with Crippen LogP contribution in [0.25, 0.3) is 0 Å². The molecular formula is C6H11NO3. The maximum Gasteiger partial charge on any atom is 0.349 e. The zero-order valence-electron chi connectivity index (χ0n) is 6.09. The first-order valence-electron chi connectivity index (χ1n) is 2.84. The van der Waals surface area contributed by atoms with Gasteiger partial charge in [0.1, 0.15) is 0 Å². The second-order valence-corrected chi connectivity index (χ2v) is 1.48. The van der Waals surface area contributed by atoms with Crippen molar-refractivity contribution in [3.8, 4) is 0 Å². The number of rotatable bonds is 4. The topological polar surface area (TPSA) is 47.6 Å². The molecule has 0 bridgehead atoms. The van der Waals surface area contributed by atoms with E-state index in [0.29, 0.717) is 6.61 Å². The second kappa shape index (κ2) is 6.25. The fraction of sp³-hybridized carbons (Fsp3) is 0.500. The summed E-state index contributed by atoms with van der Waals surface area (Å²) in [6.45, 7) is 0.415. The molecule has 4 nitrogen and oxygen atoms in total. The third-order valence-electron chi connectivity index (χ3n) is 0.719. The summed E-state index contributed by atoms with van der Waals surface area (Å²) in [5, 5.41) is 0. The monoisotopic (exact) mass is 145 g/mol. The summed E-state index contributed by atoms with van der Waals surface area (Å²) in [5.41, 5.74) is 2.25. The lowest BCUT2D eigenvalue weighted by Gasteiger charge is -1.93. The van der Waals surface area contributed by atoms with E-state index in [0.717, 1.165) is 0 Å². The third kappa shape index (κ3) is 5.27. The van der Waals surface area contributed by atoms with Crippen LogP contribution >= 0.6 is 0 Å². The first kappa shape index (κ1) is 9.13. The summed E-state index contributed by atoms with van der Waals surface area (Å²) >= 11 is 0. The summed E-state index contributed by atoms with van der Waals surface area (Å²) in [6, 6.07) is 0. The number of carbonyl (C=O) groups is 1. The smallest absolute Gasteiger partial charge is 0.349 e. The number of carbonyl (C=O) groups excluding carboxylic acids is 1. The Hall–Kier alpha value is -0.870. The number of hydroxylamine groups is 1. The highest BCUT2D eigenvalue weighted by atomic mass is 16.7. The molecule has 1 N–H and O–H groups in total. The maximum absolute atomic E-state index is 10.5. The van der Waals surface area contributed by atoms with E-state index in [4.69, 9.17) is 0 Å². The van der Waals surface area contributed by atoms with E-state index in [1.54, 1.807) is 13.2 Å². The Labute approximate surface area is 59.8 Å². The summed E-state index contributed by atoms with van der Waals surface area (Å²) in [7, 11) is 3.07. The van der Waals surface area contributed by atoms with E-state index in [1.807, 2.05) is 0 Å². The Morgan fingerprint density at radius 3 is 2.90 bits per heavy atom. The lowest BCUT2D eigenvalue weighted by atomic mass is 10.5. The normalized spacial score (nSPS) is 10.2. The summed E-state index contributed by atoms with van der Waals surface area (Å²) in [5.74, 6) is -0.431. The minimum absolute atomic E-state index is 0.415. The first-order chi connectivity index (χ1) is 4.81. The molecule has 0 saturated heterocycles. The van der Waals surface area contributed by atoms with Gasteiger partial charge in [0.15, 0.2) is 0 Å². The molecule has 0 fully saturated rings. The van der Waals surface area contributed by atoms with Crippen LogP contribution in [0.15, 0.2) is 12.2 Å². The van der Waals surface area contributed by atoms with Crippen LogP contribution in [0, 0.1) is 0 Å². The Balaban J connectivity index is 3.36. The fourth-order valence-corrected chi connectivity index (χ4v) is 0.375. The number of nitrogens with one attached hydrogen (secondary N) is 1. The van der Waals surface area contributed by atoms with Crippen LogP contribution in [0.1, 0.15) is 0 Å². The van der Waals surface area contributed by atoms with Crippen LogP contribution in [0.2, 0.25) is 0 Å². The van der Waals surface area contributed by atoms with Gasteiger partial charge in [-0.3, -0.25) is 0 Å². The highest BCUT2D eigenvalue weighted by molar-refractivity contribution is 5.81. The third-order valence-corrected chi connectivity index (χ3v) is 0.719. The predicted molar refractivity (Wildman–Crippen MR) is 36.2 cm³/mol. The summed E-state index contributed by atoms with van der Waals surface area (Å²) in [4.78, 5) is 14.8. The molecule has 0 aromatic carbocycles. The van der Waals surface area contributed by atoms with Crippen molar-refractivity contribution < 1.29 is 14.4 Å². The van der Waals surface area contributed by atoms with Gasteiger partial charge in [-0.05, 0) is 0 Å². The molecule has 0 rings (SSSR count). The van der Waals surface area contributed by atoms with Gasteiger partial charge < -0.3 is 9.57 Å². The van der Waals surface area contributed by atoms with Gasteiger partial charge in [0, 0.05) is 20.2 Å². The van der Waals surface area contributed by atoms with Crippen molar-refractivity contribution in [3.63, 3.8) is 0 Å². The molecule has 0 amide bonds. The van der Waals surface area contributed by atoms with Gasteiger partial charge in [-0.2, -0.15) is 5.48 Å². The van der Waals surface area contributed by atoms with E-state index < -0.39 is 5.97 Å². The highest BCUT2D eigenvalue weighted by Crippen LogP contribution is 1.77. The Kier molecular flexibility index (Phi) is 5.71. The number of hydrogen-bond acceptors (Lipinski definition) is 4. The number of hydrogen-bond donors (Lipinski definition) is 1. The molecule has 0 unspecified atom stereocenters. The molecule has 4 heteroatoms. The average Bonchev–Trinajstić information content (AvgIpc) is 1.89. The molecule has 0 saturated carbocycles. The minimum atomic E-state index is -0.431. The van der Waals surface area contributed by atoms with Crippen molar-refractivity contribution >= 4 is 5.97 Å². The van der Waals surface area contributed by atoms with Crippen LogP contribution < -0.4 is 5.48 Å². The van der Waals surface area contributed by atoms with Crippen molar-refractivity contribution in [2.75, 3.05) is 20.8 Å². The minimum Gasteiger partial charge on any atom is -0.381 e. The molecule has 0 radical (unpaired) electrons. The molecule has 58 valence electrons. The van der Waals surface area contributed by atoms with Gasteiger partial charge in [-0.1, -0.05) is 6.08 Å². The Morgan fingerprint density at radius 1 is 1.70 bits per heavy atom. The maximum atomic E-state index is 10.5. The van der Waals surface area contributed by atoms with E-state index in [1.165, 1.54) is 13.1 Å². The lowest BCUT2D eigenvalue weighted by molar-refractivity contribution is -0.143. The van der Waals surface area contributed by atoms with Crippen LogP contribution in [0.3, 0.4) is 0 Å². The van der Waals surface area contributed by atoms with Crippen molar-refractivity contribution in [2.45, 2.75) is 0 Å². The van der Waals surface area contributed by atoms with Crippen molar-refractivity contribution in [1.82, 2.24) is 5.48 Å². The van der Waals surface area contributed by atoms with E-state index in [2.05, 4.69) is 15.1 Å². The lowest BCUT2D eigenvalue weighted by Crippen LogP contribution is -2.12. The quantitative estimate of drug-likeness (QED) is 0.442. The fourth-order valence-electron chi connectivity index (χ4n) is 0.375. The van der Waals surface area contributed by atoms with Crippen LogP contribution in [-0.4, -0.2) is 26.7 Å². The van der Waals surface area contributed by atoms with Crippen molar-refractivity contribution in [2.24, 2.45) is 0 Å². The number of methoxy groups -OCH3 is 1. The summed E-state index contributed by atoms with van der Waals surface area (Å²) in [6.07, 6.45) is 2.86. The van der Waals surface area contributed by atoms with Crippen molar-refractivity contribution in [1.29, 1.82) is 0 Å². The second-order valence-electron chi connectivity index (χ2n) is 1.48. The van der Waals surface area contributed by atoms with E-state index >= 15 is 0 Å². The molecule has 0 aromatic rings. The Morgan fingerprint density at radius 2 is 2.40 bits per heavy atom. The van der Waals surface area contributed by atoms with Crippen LogP contribution in [-0.2, 0) is 14.4 Å². The van der Waals surface area contributed by atoms with Gasteiger partial charge >= 0.3 is 5.97 Å². The SMILES string of the molecule is CNOC(=O)/C=C/COC. The van der Waals surface area contributed by atoms with Gasteiger partial charge in [0.2, 0.25) is 0 Å². The van der Waals surface area contributed by atoms with Crippen LogP contribution in [0.5, 0.6) is 0 Å². The average molecular weight is 145 g/mol. The first-order valence-corrected chi connectivity index (χ1v) is 2.84. The van der Waals surface area contributed by atoms with Gasteiger partial charge in [0.05, 0.1) is 6.61 Å². The zero-order chi connectivity index (χ0) is 7.82. The molecule has 0 aliphatic heterocycles. The molecule has 0 spiro atoms. The number of ether oxygens (including phenoxy) is 1. The largest absolute Gasteiger partial charge is 0.381 e. The standard InChI is InChI=1S/C6H11NO3/c1-7-10-6(8)4-3-5-9-2/h3-4,7H,5H2,1-2H3/b4-3+. The summed E-state index contributed by atoms with van der Waals surface area (Å²) < 4.78 is 4.66. The van der Waals surface area contributed by atoms with Gasteiger partial charge in [0.25, 0.3) is 0 Å². The van der Waals surface area contributed by atoms with E-state index in [9.17, 15) is 4.79 Å². The molecule has 0 aromatic heterocycles. The molecule has 0 heterocycles. The molecule has 0 aliphatic carbocycles. The van der Waals surface area contributed by atoms with Crippen molar-refractivity contribution in [3.05, 3.63) is 12.2 Å². The van der Waals surface area contributed by atoms with Crippen LogP contribution in [0.4, 0.5) is 0 Å². The molecule has 0 atom stereocenters. The zero-order valence-corrected chi connectivity index (χ0v) is 6.09. The molecule has 0 aliphatic rings. The predicted octanol–water partition coefficient (Wildman–Crippen LogP) is -0.133. The Bertz CT molecular complexity index is 122.